The van der Waals surface area contributed by atoms with E-state index in [1.807, 2.05) is 6.07 Å². The van der Waals surface area contributed by atoms with Crippen LogP contribution in [0.15, 0.2) is 54.6 Å². The molecule has 2 aliphatic rings. The van der Waals surface area contributed by atoms with Crippen LogP contribution in [0.4, 0.5) is 10.5 Å². The fourth-order valence-electron chi connectivity index (χ4n) is 4.49. The van der Waals surface area contributed by atoms with Crippen LogP contribution in [-0.2, 0) is 33.9 Å². The second-order valence-electron chi connectivity index (χ2n) is 8.86. The van der Waals surface area contributed by atoms with Crippen LogP contribution in [0.25, 0.3) is 0 Å². The number of hydrogen-bond acceptors (Lipinski definition) is 6. The highest BCUT2D eigenvalue weighted by atomic mass is 35.5. The number of nitrogens with one attached hydrogen (secondary N) is 1. The number of fused-ring (bicyclic) bond motifs is 2. The molecule has 0 saturated carbocycles. The van der Waals surface area contributed by atoms with Crippen molar-refractivity contribution in [3.8, 4) is 11.5 Å². The maximum atomic E-state index is 12.9. The molecular weight excluding hydrogens is 535 g/mol. The van der Waals surface area contributed by atoms with Crippen LogP contribution < -0.4 is 14.8 Å². The third-order valence-electron chi connectivity index (χ3n) is 6.46. The summed E-state index contributed by atoms with van der Waals surface area (Å²) in [5.41, 5.74) is 3.36. The van der Waals surface area contributed by atoms with E-state index in [0.29, 0.717) is 45.0 Å². The molecule has 2 aliphatic heterocycles. The molecule has 196 valence electrons. The molecule has 0 bridgehead atoms. The number of halogens is 2. The lowest BCUT2D eigenvalue weighted by atomic mass is 9.92. The summed E-state index contributed by atoms with van der Waals surface area (Å²) < 4.78 is 16.6. The van der Waals surface area contributed by atoms with Crippen LogP contribution in [0, 0.1) is 0 Å². The van der Waals surface area contributed by atoms with Gasteiger partial charge in [0.1, 0.15) is 24.1 Å². The van der Waals surface area contributed by atoms with E-state index in [0.717, 1.165) is 16.0 Å². The van der Waals surface area contributed by atoms with E-state index in [4.69, 9.17) is 37.4 Å². The average molecular weight is 557 g/mol. The van der Waals surface area contributed by atoms with E-state index in [1.165, 1.54) is 7.11 Å². The first-order valence-corrected chi connectivity index (χ1v) is 12.4. The van der Waals surface area contributed by atoms with Crippen molar-refractivity contribution in [3.63, 3.8) is 0 Å². The summed E-state index contributed by atoms with van der Waals surface area (Å²) in [7, 11) is 1.22. The van der Waals surface area contributed by atoms with Crippen molar-refractivity contribution in [2.45, 2.75) is 31.7 Å². The minimum absolute atomic E-state index is 0.00937. The van der Waals surface area contributed by atoms with Crippen LogP contribution in [-0.4, -0.2) is 41.1 Å². The van der Waals surface area contributed by atoms with Crippen molar-refractivity contribution in [3.05, 3.63) is 86.9 Å². The van der Waals surface area contributed by atoms with E-state index in [2.05, 4.69) is 5.32 Å². The van der Waals surface area contributed by atoms with Crippen molar-refractivity contribution >= 4 is 46.9 Å². The lowest BCUT2D eigenvalue weighted by Crippen LogP contribution is -2.48. The molecule has 0 aliphatic carbocycles. The summed E-state index contributed by atoms with van der Waals surface area (Å²) in [6, 6.07) is 14.7. The highest BCUT2D eigenvalue weighted by Crippen LogP contribution is 2.39. The summed E-state index contributed by atoms with van der Waals surface area (Å²) in [6.07, 6.45) is -2.01. The Balaban J connectivity index is 1.31. The van der Waals surface area contributed by atoms with Gasteiger partial charge in [-0.15, -0.1) is 0 Å². The summed E-state index contributed by atoms with van der Waals surface area (Å²) >= 11 is 12.0. The Hall–Kier alpha value is -3.95. The summed E-state index contributed by atoms with van der Waals surface area (Å²) in [6.45, 7) is 0.282. The number of carbonyl (C=O) groups excluding carboxylic acids is 2. The monoisotopic (exact) mass is 556 g/mol. The van der Waals surface area contributed by atoms with Gasteiger partial charge in [-0.05, 0) is 53.1 Å². The Morgan fingerprint density at radius 2 is 1.84 bits per heavy atom. The molecule has 9 nitrogen and oxygen atoms in total. The summed E-state index contributed by atoms with van der Waals surface area (Å²) in [5, 5.41) is 13.4. The number of hydrogen-bond donors (Lipinski definition) is 2. The van der Waals surface area contributed by atoms with Gasteiger partial charge in [0.15, 0.2) is 0 Å². The Morgan fingerprint density at radius 1 is 1.08 bits per heavy atom. The number of ether oxygens (including phenoxy) is 3. The second kappa shape index (κ2) is 10.4. The minimum Gasteiger partial charge on any atom is -0.489 e. The van der Waals surface area contributed by atoms with Crippen LogP contribution in [0.1, 0.15) is 28.4 Å². The molecule has 2 amide bonds. The van der Waals surface area contributed by atoms with E-state index < -0.39 is 24.2 Å². The first kappa shape index (κ1) is 25.7. The normalized spacial score (nSPS) is 18.0. The molecule has 0 fully saturated rings. The van der Waals surface area contributed by atoms with Gasteiger partial charge in [-0.3, -0.25) is 9.69 Å². The van der Waals surface area contributed by atoms with Crippen LogP contribution in [0.2, 0.25) is 10.0 Å². The van der Waals surface area contributed by atoms with Crippen molar-refractivity contribution in [2.75, 3.05) is 12.4 Å². The van der Waals surface area contributed by atoms with Crippen molar-refractivity contribution in [1.82, 2.24) is 4.90 Å². The van der Waals surface area contributed by atoms with Crippen molar-refractivity contribution in [2.24, 2.45) is 0 Å². The molecule has 0 aromatic heterocycles. The van der Waals surface area contributed by atoms with Gasteiger partial charge in [0.25, 0.3) is 5.91 Å². The number of rotatable bonds is 5. The molecule has 0 saturated heterocycles. The topological polar surface area (TPSA) is 114 Å². The van der Waals surface area contributed by atoms with E-state index >= 15 is 0 Å². The van der Waals surface area contributed by atoms with Gasteiger partial charge in [-0.2, -0.15) is 0 Å². The molecule has 1 unspecified atom stereocenters. The van der Waals surface area contributed by atoms with Crippen molar-refractivity contribution in [1.29, 1.82) is 0 Å². The first-order chi connectivity index (χ1) is 18.2. The molecule has 11 heteroatoms. The quantitative estimate of drug-likeness (QED) is 0.414. The number of carboxylic acid groups (broad SMARTS) is 1. The zero-order valence-electron chi connectivity index (χ0n) is 20.1. The maximum Gasteiger partial charge on any atom is 0.408 e. The van der Waals surface area contributed by atoms with Gasteiger partial charge < -0.3 is 24.6 Å². The predicted molar refractivity (Wildman–Crippen MR) is 139 cm³/mol. The Labute approximate surface area is 227 Å². The van der Waals surface area contributed by atoms with Gasteiger partial charge in [0.2, 0.25) is 6.10 Å². The second-order valence-corrected chi connectivity index (χ2v) is 9.68. The predicted octanol–water partition coefficient (Wildman–Crippen LogP) is 5.22. The molecular formula is C27H22Cl2N2O7. The largest absolute Gasteiger partial charge is 0.489 e. The smallest absolute Gasteiger partial charge is 0.408 e. The molecule has 38 heavy (non-hydrogen) atoms. The van der Waals surface area contributed by atoms with Gasteiger partial charge >= 0.3 is 12.1 Å². The standard InChI is InChI=1S/C27H22Cl2N2O7/c1-36-26(33)22-10-16-9-21-23(11-17(16)12-31(22)27(34)35)38-24(25(32)30-21)15-3-5-18(6-4-15)37-13-14-2-7-19(28)20(29)8-14/h2-9,11,22,24H,10,12-13H2,1H3,(H,30,32)(H,34,35)/t22?,24-/m0/s1. The minimum atomic E-state index is -1.22. The van der Waals surface area contributed by atoms with Crippen LogP contribution in [0.5, 0.6) is 11.5 Å². The number of methoxy groups -OCH3 is 1. The molecule has 0 spiro atoms. The van der Waals surface area contributed by atoms with Crippen molar-refractivity contribution < 1.29 is 33.7 Å². The number of benzene rings is 3. The number of nitrogens with zero attached hydrogens (tertiary/aromatic N) is 1. The molecule has 5 rings (SSSR count). The van der Waals surface area contributed by atoms with Gasteiger partial charge in [-0.25, -0.2) is 9.59 Å². The van der Waals surface area contributed by atoms with Crippen LogP contribution >= 0.6 is 23.2 Å². The molecule has 2 atom stereocenters. The number of amides is 2. The summed E-state index contributed by atoms with van der Waals surface area (Å²) in [5.74, 6) is 0.0181. The molecule has 2 N–H and O–H groups in total. The Morgan fingerprint density at radius 3 is 2.53 bits per heavy atom. The van der Waals surface area contributed by atoms with Gasteiger partial charge in [0.05, 0.1) is 29.4 Å². The van der Waals surface area contributed by atoms with Gasteiger partial charge in [-0.1, -0.05) is 41.4 Å². The number of carbonyl (C=O) groups is 3. The highest BCUT2D eigenvalue weighted by molar-refractivity contribution is 6.42. The fourth-order valence-corrected chi connectivity index (χ4v) is 4.81. The lowest BCUT2D eigenvalue weighted by Gasteiger charge is -2.34. The molecule has 3 aromatic rings. The van der Waals surface area contributed by atoms with Crippen LogP contribution in [0.3, 0.4) is 0 Å². The number of anilines is 1. The molecule has 2 heterocycles. The highest BCUT2D eigenvalue weighted by Gasteiger charge is 2.37. The zero-order chi connectivity index (χ0) is 27.0. The molecule has 3 aromatic carbocycles. The van der Waals surface area contributed by atoms with E-state index in [-0.39, 0.29) is 18.9 Å². The number of esters is 1. The van der Waals surface area contributed by atoms with E-state index in [1.54, 1.807) is 48.5 Å². The average Bonchev–Trinajstić information content (AvgIpc) is 2.91. The summed E-state index contributed by atoms with van der Waals surface area (Å²) in [4.78, 5) is 37.8. The Kier molecular flexibility index (Phi) is 7.05. The third-order valence-corrected chi connectivity index (χ3v) is 7.20. The third kappa shape index (κ3) is 5.07. The molecule has 0 radical (unpaired) electrons. The zero-order valence-corrected chi connectivity index (χ0v) is 21.6. The van der Waals surface area contributed by atoms with Gasteiger partial charge in [0, 0.05) is 12.0 Å². The Bertz CT molecular complexity index is 1430. The lowest BCUT2D eigenvalue weighted by molar-refractivity contribution is -0.146. The maximum absolute atomic E-state index is 12.9. The fraction of sp³-hybridized carbons (Fsp3) is 0.222. The first-order valence-electron chi connectivity index (χ1n) is 11.6. The van der Waals surface area contributed by atoms with E-state index in [9.17, 15) is 19.5 Å². The SMILES string of the molecule is COC(=O)C1Cc2cc3c(cc2CN1C(=O)O)O[C@@H](c1ccc(OCc2ccc(Cl)c(Cl)c2)cc1)C(=O)N3.